The van der Waals surface area contributed by atoms with Gasteiger partial charge in [-0.1, -0.05) is 39.3 Å². The van der Waals surface area contributed by atoms with Gasteiger partial charge in [0, 0.05) is 37.7 Å². The number of carbonyl (C=O) groups excluding carboxylic acids is 1. The predicted molar refractivity (Wildman–Crippen MR) is 149 cm³/mol. The summed E-state index contributed by atoms with van der Waals surface area (Å²) in [6.45, 7) is 11.0. The second kappa shape index (κ2) is 10.9. The molecule has 0 bridgehead atoms. The fourth-order valence-corrected chi connectivity index (χ4v) is 5.14. The Bertz CT molecular complexity index is 1420. The summed E-state index contributed by atoms with van der Waals surface area (Å²) < 4.78 is 15.4. The van der Waals surface area contributed by atoms with E-state index in [0.29, 0.717) is 26.2 Å². The molecule has 2 aromatic carbocycles. The van der Waals surface area contributed by atoms with E-state index in [4.69, 9.17) is 15.1 Å². The van der Waals surface area contributed by atoms with Crippen LogP contribution in [-0.2, 0) is 6.42 Å². The number of anilines is 1. The quantitative estimate of drug-likeness (QED) is 0.317. The summed E-state index contributed by atoms with van der Waals surface area (Å²) in [5.74, 6) is 1.61. The molecule has 7 nitrogen and oxygen atoms in total. The summed E-state index contributed by atoms with van der Waals surface area (Å²) in [5.41, 5.74) is 4.26. The number of amides is 1. The average molecular weight is 515 g/mol. The van der Waals surface area contributed by atoms with Crippen LogP contribution in [0, 0.1) is 12.7 Å². The molecule has 0 N–H and O–H groups in total. The largest absolute Gasteiger partial charge is 0.352 e. The smallest absolute Gasteiger partial charge is 0.253 e. The lowest BCUT2D eigenvalue weighted by atomic mass is 10.1. The minimum absolute atomic E-state index is 0.0673. The van der Waals surface area contributed by atoms with E-state index < -0.39 is 0 Å². The van der Waals surface area contributed by atoms with Gasteiger partial charge in [0.25, 0.3) is 5.91 Å². The highest BCUT2D eigenvalue weighted by molar-refractivity contribution is 5.95. The molecule has 0 saturated carbocycles. The molecule has 0 aliphatic carbocycles. The van der Waals surface area contributed by atoms with E-state index in [-0.39, 0.29) is 17.6 Å². The molecule has 0 unspecified atom stereocenters. The van der Waals surface area contributed by atoms with Crippen molar-refractivity contribution in [1.82, 2.24) is 24.6 Å². The maximum atomic E-state index is 13.6. The van der Waals surface area contributed by atoms with Crippen molar-refractivity contribution in [1.29, 1.82) is 0 Å². The monoisotopic (exact) mass is 514 g/mol. The molecule has 2 aromatic heterocycles. The van der Waals surface area contributed by atoms with Gasteiger partial charge in [-0.25, -0.2) is 19.0 Å². The van der Waals surface area contributed by atoms with Gasteiger partial charge in [0.2, 0.25) is 0 Å². The summed E-state index contributed by atoms with van der Waals surface area (Å²) in [5, 5.41) is 5.69. The Hall–Kier alpha value is -3.81. The summed E-state index contributed by atoms with van der Waals surface area (Å²) in [4.78, 5) is 27.4. The van der Waals surface area contributed by atoms with Crippen LogP contribution in [0.4, 0.5) is 10.2 Å². The summed E-state index contributed by atoms with van der Waals surface area (Å²) >= 11 is 0. The lowest BCUT2D eigenvalue weighted by Gasteiger charge is -2.36. The molecule has 3 heterocycles. The third-order valence-corrected chi connectivity index (χ3v) is 7.41. The van der Waals surface area contributed by atoms with Gasteiger partial charge in [-0.15, -0.1) is 0 Å². The standard InChI is InChI=1S/C30H35FN6O/c1-5-7-20(3)27-32-28(26-21(4)34-37(29(26)33-27)25-14-12-24(31)13-15-25)35-16-18-36(19-17-35)30(38)23-10-8-22(6-2)9-11-23/h8-15,20H,5-7,16-19H2,1-4H3/t20-/m1/s1. The van der Waals surface area contributed by atoms with Gasteiger partial charge >= 0.3 is 0 Å². The van der Waals surface area contributed by atoms with Gasteiger partial charge in [0.05, 0.1) is 16.8 Å². The van der Waals surface area contributed by atoms with Gasteiger partial charge < -0.3 is 9.80 Å². The number of benzene rings is 2. The molecule has 1 amide bonds. The van der Waals surface area contributed by atoms with Crippen LogP contribution < -0.4 is 4.90 Å². The molecule has 1 fully saturated rings. The number of nitrogens with zero attached hydrogens (tertiary/aromatic N) is 6. The molecule has 4 aromatic rings. The second-order valence-corrected chi connectivity index (χ2v) is 10.1. The Morgan fingerprint density at radius 2 is 1.66 bits per heavy atom. The molecular formula is C30H35FN6O. The van der Waals surface area contributed by atoms with Crippen molar-refractivity contribution < 1.29 is 9.18 Å². The number of hydrogen-bond acceptors (Lipinski definition) is 5. The molecule has 5 rings (SSSR count). The summed E-state index contributed by atoms with van der Waals surface area (Å²) in [6.07, 6.45) is 2.97. The van der Waals surface area contributed by atoms with Crippen LogP contribution in [0.15, 0.2) is 48.5 Å². The van der Waals surface area contributed by atoms with E-state index in [9.17, 15) is 9.18 Å². The molecule has 1 atom stereocenters. The zero-order valence-electron chi connectivity index (χ0n) is 22.6. The van der Waals surface area contributed by atoms with Crippen molar-refractivity contribution >= 4 is 22.8 Å². The van der Waals surface area contributed by atoms with E-state index in [0.717, 1.165) is 58.9 Å². The highest BCUT2D eigenvalue weighted by Crippen LogP contribution is 2.32. The number of fused-ring (bicyclic) bond motifs is 1. The van der Waals surface area contributed by atoms with Gasteiger partial charge in [0.15, 0.2) is 5.65 Å². The van der Waals surface area contributed by atoms with Crippen molar-refractivity contribution in [2.24, 2.45) is 0 Å². The number of rotatable bonds is 7. The van der Waals surface area contributed by atoms with Crippen LogP contribution in [0.5, 0.6) is 0 Å². The van der Waals surface area contributed by atoms with Crippen molar-refractivity contribution in [3.05, 3.63) is 77.0 Å². The van der Waals surface area contributed by atoms with Crippen molar-refractivity contribution in [3.63, 3.8) is 0 Å². The minimum atomic E-state index is -0.289. The molecular weight excluding hydrogens is 479 g/mol. The third-order valence-electron chi connectivity index (χ3n) is 7.41. The van der Waals surface area contributed by atoms with Crippen molar-refractivity contribution in [2.75, 3.05) is 31.1 Å². The summed E-state index contributed by atoms with van der Waals surface area (Å²) in [7, 11) is 0. The van der Waals surface area contributed by atoms with Crippen LogP contribution in [0.1, 0.15) is 67.0 Å². The minimum Gasteiger partial charge on any atom is -0.352 e. The fraction of sp³-hybridized carbons (Fsp3) is 0.400. The van der Waals surface area contributed by atoms with Crippen LogP contribution in [-0.4, -0.2) is 56.7 Å². The molecule has 1 aliphatic rings. The number of piperazine rings is 1. The highest BCUT2D eigenvalue weighted by atomic mass is 19.1. The maximum absolute atomic E-state index is 13.6. The van der Waals surface area contributed by atoms with E-state index in [1.54, 1.807) is 16.8 Å². The van der Waals surface area contributed by atoms with E-state index in [1.165, 1.54) is 17.7 Å². The van der Waals surface area contributed by atoms with Crippen LogP contribution in [0.25, 0.3) is 16.7 Å². The van der Waals surface area contributed by atoms with Crippen LogP contribution in [0.2, 0.25) is 0 Å². The second-order valence-electron chi connectivity index (χ2n) is 10.1. The first kappa shape index (κ1) is 25.8. The predicted octanol–water partition coefficient (Wildman–Crippen LogP) is 5.69. The van der Waals surface area contributed by atoms with Crippen molar-refractivity contribution in [3.8, 4) is 5.69 Å². The molecule has 0 spiro atoms. The Kier molecular flexibility index (Phi) is 7.40. The van der Waals surface area contributed by atoms with Gasteiger partial charge in [-0.2, -0.15) is 5.10 Å². The Labute approximate surface area is 223 Å². The number of hydrogen-bond donors (Lipinski definition) is 0. The number of carbonyl (C=O) groups is 1. The lowest BCUT2D eigenvalue weighted by Crippen LogP contribution is -2.49. The first-order valence-corrected chi connectivity index (χ1v) is 13.6. The zero-order chi connectivity index (χ0) is 26.8. The average Bonchev–Trinajstić information content (AvgIpc) is 3.29. The fourth-order valence-electron chi connectivity index (χ4n) is 5.14. The molecule has 8 heteroatoms. The third kappa shape index (κ3) is 4.99. The normalized spacial score (nSPS) is 14.8. The SMILES string of the molecule is CCC[C@@H](C)c1nc(N2CCN(C(=O)c3ccc(CC)cc3)CC2)c2c(C)nn(-c3ccc(F)cc3)c2n1. The number of aryl methyl sites for hydroxylation is 2. The van der Waals surface area contributed by atoms with Crippen LogP contribution >= 0.6 is 0 Å². The van der Waals surface area contributed by atoms with E-state index in [1.807, 2.05) is 36.1 Å². The topological polar surface area (TPSA) is 67.2 Å². The van der Waals surface area contributed by atoms with Gasteiger partial charge in [0.1, 0.15) is 17.5 Å². The zero-order valence-corrected chi connectivity index (χ0v) is 22.6. The van der Waals surface area contributed by atoms with Gasteiger partial charge in [-0.05, 0) is 61.7 Å². The Balaban J connectivity index is 1.47. The van der Waals surface area contributed by atoms with Crippen molar-refractivity contribution in [2.45, 2.75) is 52.9 Å². The molecule has 1 saturated heterocycles. The molecule has 0 radical (unpaired) electrons. The number of aromatic nitrogens is 4. The molecule has 38 heavy (non-hydrogen) atoms. The van der Waals surface area contributed by atoms with Crippen LogP contribution in [0.3, 0.4) is 0 Å². The Morgan fingerprint density at radius 3 is 2.29 bits per heavy atom. The first-order chi connectivity index (χ1) is 18.4. The molecule has 198 valence electrons. The maximum Gasteiger partial charge on any atom is 0.253 e. The summed E-state index contributed by atoms with van der Waals surface area (Å²) in [6, 6.07) is 14.2. The van der Waals surface area contributed by atoms with E-state index >= 15 is 0 Å². The van der Waals surface area contributed by atoms with E-state index in [2.05, 4.69) is 25.7 Å². The van der Waals surface area contributed by atoms with Gasteiger partial charge in [-0.3, -0.25) is 4.79 Å². The number of halogens is 1. The Morgan fingerprint density at radius 1 is 0.974 bits per heavy atom. The molecule has 1 aliphatic heterocycles. The highest BCUT2D eigenvalue weighted by Gasteiger charge is 2.27. The first-order valence-electron chi connectivity index (χ1n) is 13.6. The lowest BCUT2D eigenvalue weighted by molar-refractivity contribution is 0.0746.